The smallest absolute Gasteiger partial charge is 0.466 e. The van der Waals surface area contributed by atoms with E-state index in [1.54, 1.807) is 0 Å². The van der Waals surface area contributed by atoms with Crippen LogP contribution in [-0.4, -0.2) is 28.8 Å². The van der Waals surface area contributed by atoms with Gasteiger partial charge in [0, 0.05) is 4.98 Å². The monoisotopic (exact) mass is 420 g/mol. The molecule has 0 aliphatic carbocycles. The number of carbonyl (C=O) groups is 1. The number of carbonyl (C=O) groups excluding carboxylic acids is 1. The van der Waals surface area contributed by atoms with Gasteiger partial charge < -0.3 is 19.6 Å². The fourth-order valence-electron chi connectivity index (χ4n) is 1.32. The highest BCUT2D eigenvalue weighted by molar-refractivity contribution is 14.1. The topological polar surface area (TPSA) is 91.6 Å². The van der Waals surface area contributed by atoms with E-state index in [2.05, 4.69) is 14.5 Å². The Morgan fingerprint density at radius 1 is 1.52 bits per heavy atom. The Bertz CT molecular complexity index is 564. The van der Waals surface area contributed by atoms with Gasteiger partial charge in [-0.1, -0.05) is 0 Å². The minimum absolute atomic E-state index is 0.0218. The van der Waals surface area contributed by atoms with E-state index < -0.39 is 35.4 Å². The number of aromatic nitrogens is 1. The van der Waals surface area contributed by atoms with Crippen LogP contribution >= 0.6 is 22.6 Å². The molecule has 0 atom stereocenters. The Morgan fingerprint density at radius 2 is 2.14 bits per heavy atom. The summed E-state index contributed by atoms with van der Waals surface area (Å²) in [6.07, 6.45) is -5.63. The Hall–Kier alpha value is -1.66. The van der Waals surface area contributed by atoms with Gasteiger partial charge in [-0.25, -0.2) is 0 Å². The lowest BCUT2D eigenvalue weighted by Crippen LogP contribution is -2.20. The molecule has 1 rings (SSSR count). The van der Waals surface area contributed by atoms with E-state index in [4.69, 9.17) is 0 Å². The Kier molecular flexibility index (Phi) is 5.69. The molecule has 0 aliphatic heterocycles. The van der Waals surface area contributed by atoms with E-state index >= 15 is 0 Å². The molecule has 0 aromatic carbocycles. The third-order valence-corrected chi connectivity index (χ3v) is 2.82. The molecule has 21 heavy (non-hydrogen) atoms. The maximum absolute atomic E-state index is 12.3. The zero-order valence-corrected chi connectivity index (χ0v) is 12.6. The summed E-state index contributed by atoms with van der Waals surface area (Å²) < 4.78 is 45.1. The summed E-state index contributed by atoms with van der Waals surface area (Å²) >= 11 is 1.53. The van der Waals surface area contributed by atoms with E-state index in [1.165, 1.54) is 29.5 Å². The van der Waals surface area contributed by atoms with E-state index in [-0.39, 0.29) is 15.7 Å². The molecule has 0 unspecified atom stereocenters. The van der Waals surface area contributed by atoms with Crippen LogP contribution in [0.3, 0.4) is 0 Å². The SMILES string of the molecule is CCOC(=O)Cc1cc(I)c([N+](=O)[O-])nc1OC(F)(F)F. The van der Waals surface area contributed by atoms with Crippen LogP contribution in [0.2, 0.25) is 0 Å². The van der Waals surface area contributed by atoms with Gasteiger partial charge in [-0.3, -0.25) is 4.79 Å². The van der Waals surface area contributed by atoms with Gasteiger partial charge >= 0.3 is 24.0 Å². The molecule has 0 spiro atoms. The number of rotatable bonds is 5. The number of pyridine rings is 1. The maximum Gasteiger partial charge on any atom is 0.575 e. The van der Waals surface area contributed by atoms with Gasteiger partial charge in [0.15, 0.2) is 0 Å². The summed E-state index contributed by atoms with van der Waals surface area (Å²) in [7, 11) is 0. The molecule has 0 radical (unpaired) electrons. The van der Waals surface area contributed by atoms with Crippen LogP contribution in [0, 0.1) is 13.7 Å². The molecule has 11 heteroatoms. The van der Waals surface area contributed by atoms with Crippen LogP contribution in [-0.2, 0) is 16.0 Å². The van der Waals surface area contributed by atoms with E-state index in [0.29, 0.717) is 0 Å². The fourth-order valence-corrected chi connectivity index (χ4v) is 2.01. The first-order valence-electron chi connectivity index (χ1n) is 5.39. The highest BCUT2D eigenvalue weighted by Gasteiger charge is 2.36. The third-order valence-electron chi connectivity index (χ3n) is 2.02. The van der Waals surface area contributed by atoms with Gasteiger partial charge in [-0.05, 0) is 40.5 Å². The number of hydrogen-bond acceptors (Lipinski definition) is 6. The van der Waals surface area contributed by atoms with Gasteiger partial charge in [0.25, 0.3) is 0 Å². The normalized spacial score (nSPS) is 11.1. The second-order valence-corrected chi connectivity index (χ2v) is 4.71. The van der Waals surface area contributed by atoms with E-state index in [9.17, 15) is 28.1 Å². The lowest BCUT2D eigenvalue weighted by Gasteiger charge is -2.09. The standard InChI is InChI=1S/C10H8F3IN2O5/c1-2-20-7(17)4-5-3-6(14)8(16(18)19)15-9(5)21-10(11,12)13/h3H,2,4H2,1H3. The minimum Gasteiger partial charge on any atom is -0.466 e. The number of alkyl halides is 3. The molecular weight excluding hydrogens is 412 g/mol. The second kappa shape index (κ2) is 6.87. The lowest BCUT2D eigenvalue weighted by molar-refractivity contribution is -0.391. The van der Waals surface area contributed by atoms with E-state index in [0.717, 1.165) is 6.07 Å². The number of ether oxygens (including phenoxy) is 2. The van der Waals surface area contributed by atoms with Crippen LogP contribution in [0.25, 0.3) is 0 Å². The maximum atomic E-state index is 12.3. The molecule has 116 valence electrons. The van der Waals surface area contributed by atoms with Crippen LogP contribution in [0.4, 0.5) is 19.0 Å². The largest absolute Gasteiger partial charge is 0.575 e. The average molecular weight is 420 g/mol. The van der Waals surface area contributed by atoms with Crippen molar-refractivity contribution in [1.82, 2.24) is 4.98 Å². The molecular formula is C10H8F3IN2O5. The summed E-state index contributed by atoms with van der Waals surface area (Å²) in [5.41, 5.74) is -0.249. The zero-order valence-electron chi connectivity index (χ0n) is 10.4. The van der Waals surface area contributed by atoms with Crippen LogP contribution in [0.15, 0.2) is 6.07 Å². The van der Waals surface area contributed by atoms with Gasteiger partial charge in [-0.15, -0.1) is 13.2 Å². The average Bonchev–Trinajstić information content (AvgIpc) is 2.30. The number of nitro groups is 1. The molecule has 0 saturated carbocycles. The van der Waals surface area contributed by atoms with Crippen molar-refractivity contribution in [3.8, 4) is 5.88 Å². The van der Waals surface area contributed by atoms with Crippen molar-refractivity contribution in [3.63, 3.8) is 0 Å². The predicted octanol–water partition coefficient (Wildman–Crippen LogP) is 2.60. The van der Waals surface area contributed by atoms with Crippen LogP contribution in [0.5, 0.6) is 5.88 Å². The summed E-state index contributed by atoms with van der Waals surface area (Å²) in [6, 6.07) is 1.03. The quantitative estimate of drug-likeness (QED) is 0.315. The Morgan fingerprint density at radius 3 is 2.62 bits per heavy atom. The summed E-state index contributed by atoms with van der Waals surface area (Å²) in [6.45, 7) is 1.58. The van der Waals surface area contributed by atoms with Crippen molar-refractivity contribution in [2.24, 2.45) is 0 Å². The highest BCUT2D eigenvalue weighted by atomic mass is 127. The zero-order chi connectivity index (χ0) is 16.2. The van der Waals surface area contributed by atoms with Crippen molar-refractivity contribution in [2.75, 3.05) is 6.61 Å². The summed E-state index contributed by atoms with van der Waals surface area (Å²) in [5.74, 6) is -2.62. The van der Waals surface area contributed by atoms with Gasteiger partial charge in [0.2, 0.25) is 0 Å². The number of esters is 1. The molecule has 0 N–H and O–H groups in total. The van der Waals surface area contributed by atoms with Crippen molar-refractivity contribution in [2.45, 2.75) is 19.7 Å². The molecule has 0 amide bonds. The van der Waals surface area contributed by atoms with Crippen molar-refractivity contribution in [1.29, 1.82) is 0 Å². The minimum atomic E-state index is -5.09. The van der Waals surface area contributed by atoms with Crippen molar-refractivity contribution in [3.05, 3.63) is 25.3 Å². The van der Waals surface area contributed by atoms with Crippen molar-refractivity contribution < 1.29 is 32.4 Å². The molecule has 1 aromatic heterocycles. The van der Waals surface area contributed by atoms with E-state index in [1.807, 2.05) is 0 Å². The molecule has 7 nitrogen and oxygen atoms in total. The molecule has 0 saturated heterocycles. The lowest BCUT2D eigenvalue weighted by atomic mass is 10.2. The third kappa shape index (κ3) is 5.32. The first kappa shape index (κ1) is 17.4. The fraction of sp³-hybridized carbons (Fsp3) is 0.400. The number of halogens is 4. The molecule has 1 heterocycles. The van der Waals surface area contributed by atoms with Crippen LogP contribution < -0.4 is 4.74 Å². The predicted molar refractivity (Wildman–Crippen MR) is 70.6 cm³/mol. The van der Waals surface area contributed by atoms with Crippen molar-refractivity contribution >= 4 is 34.4 Å². The van der Waals surface area contributed by atoms with Gasteiger partial charge in [-0.2, -0.15) is 0 Å². The molecule has 0 aliphatic rings. The first-order chi connectivity index (χ1) is 9.64. The van der Waals surface area contributed by atoms with Gasteiger partial charge in [0.05, 0.1) is 18.6 Å². The Labute approximate surface area is 129 Å². The summed E-state index contributed by atoms with van der Waals surface area (Å²) in [4.78, 5) is 24.3. The number of nitrogens with zero attached hydrogens (tertiary/aromatic N) is 2. The Balaban J connectivity index is 3.23. The second-order valence-electron chi connectivity index (χ2n) is 3.54. The van der Waals surface area contributed by atoms with Gasteiger partial charge in [0.1, 0.15) is 3.57 Å². The first-order valence-corrected chi connectivity index (χ1v) is 6.47. The number of hydrogen-bond donors (Lipinski definition) is 0. The highest BCUT2D eigenvalue weighted by Crippen LogP contribution is 2.30. The van der Waals surface area contributed by atoms with Crippen LogP contribution in [0.1, 0.15) is 12.5 Å². The molecule has 0 fully saturated rings. The summed E-state index contributed by atoms with van der Waals surface area (Å²) in [5, 5.41) is 10.7. The molecule has 1 aromatic rings. The molecule has 0 bridgehead atoms.